The molecule has 0 bridgehead atoms. The normalized spacial score (nSPS) is 8.00. The number of hydrogen-bond acceptors (Lipinski definition) is 2. The standard InChI is InChI=1S/C3H10N2.FH/c1-2-3(4)5;/h3H,2,4-5H2,1H3;1H. The van der Waals surface area contributed by atoms with Crippen LogP contribution in [0.2, 0.25) is 0 Å². The Morgan fingerprint density at radius 3 is 1.67 bits per heavy atom. The van der Waals surface area contributed by atoms with Gasteiger partial charge in [-0.05, 0) is 6.42 Å². The first-order valence-electron chi connectivity index (χ1n) is 1.78. The van der Waals surface area contributed by atoms with Crippen LogP contribution in [0.25, 0.3) is 0 Å². The van der Waals surface area contributed by atoms with Crippen LogP contribution in [-0.2, 0) is 0 Å². The van der Waals surface area contributed by atoms with E-state index in [0.717, 1.165) is 6.42 Å². The Bertz CT molecular complexity index is 22.8. The Balaban J connectivity index is 0. The number of nitrogens with two attached hydrogens (primary N) is 2. The monoisotopic (exact) mass is 94.1 g/mol. The predicted molar refractivity (Wildman–Crippen MR) is 25.0 cm³/mol. The maximum Gasteiger partial charge on any atom is 0.0518 e. The van der Waals surface area contributed by atoms with Crippen LogP contribution in [0.1, 0.15) is 13.3 Å². The molecule has 0 aromatic heterocycles. The Hall–Kier alpha value is -0.150. The summed E-state index contributed by atoms with van der Waals surface area (Å²) in [6.07, 6.45) is 0.745. The van der Waals surface area contributed by atoms with Crippen molar-refractivity contribution in [3.05, 3.63) is 0 Å². The molecule has 2 nitrogen and oxygen atoms in total. The average Bonchev–Trinajstić information content (AvgIpc) is 1.38. The quantitative estimate of drug-likeness (QED) is 0.442. The third kappa shape index (κ3) is 9.14. The number of halogens is 1. The van der Waals surface area contributed by atoms with Crippen LogP contribution in [0.5, 0.6) is 0 Å². The fourth-order valence-electron chi connectivity index (χ4n) is 0. The summed E-state index contributed by atoms with van der Waals surface area (Å²) in [6, 6.07) is 0. The molecular formula is C3H11FN2. The van der Waals surface area contributed by atoms with Crippen molar-refractivity contribution in [1.29, 1.82) is 0 Å². The summed E-state index contributed by atoms with van der Waals surface area (Å²) in [5, 5.41) is 0. The SMILES string of the molecule is CCC(N)N.F. The molecule has 0 unspecified atom stereocenters. The zero-order valence-corrected chi connectivity index (χ0v) is 3.85. The summed E-state index contributed by atoms with van der Waals surface area (Å²) in [7, 11) is 0. The molecule has 4 N–H and O–H groups in total. The van der Waals surface area contributed by atoms with Gasteiger partial charge in [0.25, 0.3) is 0 Å². The van der Waals surface area contributed by atoms with Crippen molar-refractivity contribution in [3.8, 4) is 0 Å². The molecule has 0 heterocycles. The van der Waals surface area contributed by atoms with Crippen molar-refractivity contribution < 1.29 is 4.70 Å². The molecule has 0 atom stereocenters. The van der Waals surface area contributed by atoms with Crippen molar-refractivity contribution in [1.82, 2.24) is 0 Å². The van der Waals surface area contributed by atoms with Gasteiger partial charge in [0.1, 0.15) is 0 Å². The summed E-state index contributed by atoms with van der Waals surface area (Å²) < 4.78 is 0. The molecule has 40 valence electrons. The maximum absolute atomic E-state index is 5.07. The summed E-state index contributed by atoms with van der Waals surface area (Å²) in [6.45, 7) is 1.95. The minimum absolute atomic E-state index is 0. The maximum atomic E-state index is 5.07. The van der Waals surface area contributed by atoms with Gasteiger partial charge in [-0.3, -0.25) is 4.70 Å². The first-order chi connectivity index (χ1) is 2.27. The Morgan fingerprint density at radius 2 is 1.67 bits per heavy atom. The van der Waals surface area contributed by atoms with E-state index in [1.165, 1.54) is 0 Å². The highest BCUT2D eigenvalue weighted by molar-refractivity contribution is 4.40. The minimum Gasteiger partial charge on any atom is -0.316 e. The Morgan fingerprint density at radius 1 is 1.50 bits per heavy atom. The summed E-state index contributed by atoms with van der Waals surface area (Å²) >= 11 is 0. The molecule has 0 aliphatic rings. The smallest absolute Gasteiger partial charge is 0.0518 e. The lowest BCUT2D eigenvalue weighted by molar-refractivity contribution is 0.682. The lowest BCUT2D eigenvalue weighted by Crippen LogP contribution is -2.28. The zero-order valence-electron chi connectivity index (χ0n) is 3.85. The molecule has 0 rings (SSSR count). The van der Waals surface area contributed by atoms with Gasteiger partial charge < -0.3 is 11.5 Å². The molecule has 0 aromatic rings. The second-order valence-corrected chi connectivity index (χ2v) is 1.07. The van der Waals surface area contributed by atoms with E-state index in [4.69, 9.17) is 11.5 Å². The molecule has 6 heavy (non-hydrogen) atoms. The van der Waals surface area contributed by atoms with E-state index in [1.807, 2.05) is 6.92 Å². The van der Waals surface area contributed by atoms with Gasteiger partial charge in [0, 0.05) is 0 Å². The first kappa shape index (κ1) is 9.28. The van der Waals surface area contributed by atoms with Crippen LogP contribution >= 0.6 is 0 Å². The van der Waals surface area contributed by atoms with E-state index in [2.05, 4.69) is 0 Å². The van der Waals surface area contributed by atoms with Gasteiger partial charge in [0.2, 0.25) is 0 Å². The zero-order chi connectivity index (χ0) is 4.28. The van der Waals surface area contributed by atoms with E-state index in [-0.39, 0.29) is 10.9 Å². The van der Waals surface area contributed by atoms with E-state index < -0.39 is 0 Å². The van der Waals surface area contributed by atoms with Crippen LogP contribution in [0.15, 0.2) is 0 Å². The molecule has 0 amide bonds. The van der Waals surface area contributed by atoms with Crippen LogP contribution in [-0.4, -0.2) is 6.17 Å². The molecule has 0 saturated carbocycles. The minimum atomic E-state index is -0.116. The summed E-state index contributed by atoms with van der Waals surface area (Å²) in [5.74, 6) is 0. The van der Waals surface area contributed by atoms with Gasteiger partial charge in [-0.1, -0.05) is 6.92 Å². The number of rotatable bonds is 1. The van der Waals surface area contributed by atoms with Crippen LogP contribution in [0, 0.1) is 0 Å². The topological polar surface area (TPSA) is 52.0 Å². The van der Waals surface area contributed by atoms with Crippen LogP contribution in [0.4, 0.5) is 4.70 Å². The molecular weight excluding hydrogens is 83.0 g/mol. The summed E-state index contributed by atoms with van der Waals surface area (Å²) in [5.41, 5.74) is 10.1. The second-order valence-electron chi connectivity index (χ2n) is 1.07. The molecule has 0 saturated heterocycles. The predicted octanol–water partition coefficient (Wildman–Crippen LogP) is -0.208. The molecule has 0 fully saturated rings. The molecule has 0 aliphatic carbocycles. The Kier molecular flexibility index (Phi) is 7.50. The van der Waals surface area contributed by atoms with E-state index in [9.17, 15) is 0 Å². The van der Waals surface area contributed by atoms with Gasteiger partial charge >= 0.3 is 0 Å². The van der Waals surface area contributed by atoms with Crippen molar-refractivity contribution in [2.75, 3.05) is 0 Å². The molecule has 0 aromatic carbocycles. The van der Waals surface area contributed by atoms with Crippen molar-refractivity contribution in [3.63, 3.8) is 0 Å². The highest BCUT2D eigenvalue weighted by Gasteiger charge is 1.79. The third-order valence-electron chi connectivity index (χ3n) is 0.471. The highest BCUT2D eigenvalue weighted by atomic mass is 19.0. The van der Waals surface area contributed by atoms with Crippen molar-refractivity contribution >= 4 is 0 Å². The van der Waals surface area contributed by atoms with Gasteiger partial charge in [0.15, 0.2) is 0 Å². The van der Waals surface area contributed by atoms with E-state index in [1.54, 1.807) is 0 Å². The molecule has 0 radical (unpaired) electrons. The fourth-order valence-corrected chi connectivity index (χ4v) is 0. The van der Waals surface area contributed by atoms with E-state index in [0.29, 0.717) is 0 Å². The largest absolute Gasteiger partial charge is 0.316 e. The lowest BCUT2D eigenvalue weighted by Gasteiger charge is -1.92. The van der Waals surface area contributed by atoms with Crippen LogP contribution in [0.3, 0.4) is 0 Å². The molecule has 0 aliphatic heterocycles. The lowest BCUT2D eigenvalue weighted by atomic mass is 10.4. The van der Waals surface area contributed by atoms with Crippen LogP contribution < -0.4 is 11.5 Å². The van der Waals surface area contributed by atoms with Gasteiger partial charge in [-0.15, -0.1) is 0 Å². The number of hydrogen-bond donors (Lipinski definition) is 2. The van der Waals surface area contributed by atoms with Gasteiger partial charge in [-0.2, -0.15) is 0 Å². The average molecular weight is 94.1 g/mol. The highest BCUT2D eigenvalue weighted by Crippen LogP contribution is 1.68. The first-order valence-corrected chi connectivity index (χ1v) is 1.78. The molecule has 0 spiro atoms. The third-order valence-corrected chi connectivity index (χ3v) is 0.471. The van der Waals surface area contributed by atoms with E-state index >= 15 is 0 Å². The van der Waals surface area contributed by atoms with Crippen molar-refractivity contribution in [2.45, 2.75) is 19.5 Å². The second kappa shape index (κ2) is 4.85. The Labute approximate surface area is 36.9 Å². The van der Waals surface area contributed by atoms with Crippen molar-refractivity contribution in [2.24, 2.45) is 11.5 Å². The molecule has 3 heteroatoms. The summed E-state index contributed by atoms with van der Waals surface area (Å²) in [4.78, 5) is 0. The van der Waals surface area contributed by atoms with Gasteiger partial charge in [0.05, 0.1) is 6.17 Å². The van der Waals surface area contributed by atoms with Gasteiger partial charge in [-0.25, -0.2) is 0 Å². The fraction of sp³-hybridized carbons (Fsp3) is 1.00.